The van der Waals surface area contributed by atoms with Gasteiger partial charge in [0.15, 0.2) is 0 Å². The summed E-state index contributed by atoms with van der Waals surface area (Å²) in [7, 11) is -3.62. The molecule has 1 atom stereocenters. The van der Waals surface area contributed by atoms with Gasteiger partial charge in [0.05, 0.1) is 4.90 Å². The molecule has 0 spiro atoms. The first kappa shape index (κ1) is 18.9. The second-order valence-corrected chi connectivity index (χ2v) is 9.13. The number of benzene rings is 1. The van der Waals surface area contributed by atoms with Gasteiger partial charge in [-0.15, -0.1) is 0 Å². The maximum atomic E-state index is 12.8. The first-order valence-electron chi connectivity index (χ1n) is 8.20. The Hall–Kier alpha value is -1.44. The molecule has 2 rings (SSSR count). The number of nitrogens with zero attached hydrogens (tertiary/aromatic N) is 1. The van der Waals surface area contributed by atoms with Gasteiger partial charge in [-0.3, -0.25) is 4.79 Å². The molecule has 0 radical (unpaired) electrons. The molecular formula is C17H27N3O3S. The van der Waals surface area contributed by atoms with E-state index in [9.17, 15) is 13.2 Å². The van der Waals surface area contributed by atoms with Crippen molar-refractivity contribution in [2.45, 2.75) is 51.1 Å². The number of nitrogens with two attached hydrogens (primary N) is 1. The van der Waals surface area contributed by atoms with E-state index < -0.39 is 10.0 Å². The number of likely N-dealkylation sites (tertiary alicyclic amines) is 1. The molecule has 0 saturated carbocycles. The van der Waals surface area contributed by atoms with Crippen LogP contribution in [0.2, 0.25) is 0 Å². The third-order valence-corrected chi connectivity index (χ3v) is 6.04. The van der Waals surface area contributed by atoms with Crippen molar-refractivity contribution in [1.82, 2.24) is 9.62 Å². The van der Waals surface area contributed by atoms with Gasteiger partial charge in [-0.1, -0.05) is 19.9 Å². The second kappa shape index (κ2) is 6.82. The van der Waals surface area contributed by atoms with Crippen molar-refractivity contribution in [3.63, 3.8) is 0 Å². The zero-order valence-electron chi connectivity index (χ0n) is 14.7. The lowest BCUT2D eigenvalue weighted by molar-refractivity contribution is 0.0533. The van der Waals surface area contributed by atoms with Crippen molar-refractivity contribution < 1.29 is 13.2 Å². The third kappa shape index (κ3) is 4.15. The van der Waals surface area contributed by atoms with Crippen LogP contribution in [-0.4, -0.2) is 44.4 Å². The highest BCUT2D eigenvalue weighted by Crippen LogP contribution is 2.28. The molecule has 0 aromatic heterocycles. The largest absolute Gasteiger partial charge is 0.338 e. The molecule has 7 heteroatoms. The van der Waals surface area contributed by atoms with Crippen LogP contribution < -0.4 is 10.5 Å². The topological polar surface area (TPSA) is 92.5 Å². The normalized spacial score (nSPS) is 21.1. The lowest BCUT2D eigenvalue weighted by Crippen LogP contribution is -2.54. The smallest absolute Gasteiger partial charge is 0.253 e. The Bertz CT molecular complexity index is 714. The highest BCUT2D eigenvalue weighted by Gasteiger charge is 2.35. The maximum absolute atomic E-state index is 12.8. The number of sulfonamides is 1. The van der Waals surface area contributed by atoms with Gasteiger partial charge in [-0.2, -0.15) is 0 Å². The maximum Gasteiger partial charge on any atom is 0.253 e. The SMILES string of the molecule is CC(C)NS(=O)(=O)c1cccc(C(=O)N2CCC(N)C(C)(C)C2)c1. The molecule has 24 heavy (non-hydrogen) atoms. The molecule has 0 bridgehead atoms. The summed E-state index contributed by atoms with van der Waals surface area (Å²) in [4.78, 5) is 14.6. The van der Waals surface area contributed by atoms with Crippen LogP contribution in [0.15, 0.2) is 29.2 Å². The van der Waals surface area contributed by atoms with Gasteiger partial charge in [0.1, 0.15) is 0 Å². The summed E-state index contributed by atoms with van der Waals surface area (Å²) < 4.78 is 27.1. The van der Waals surface area contributed by atoms with Crippen LogP contribution in [0.3, 0.4) is 0 Å². The Balaban J connectivity index is 2.24. The standard InChI is InChI=1S/C17H27N3O3S/c1-12(2)19-24(22,23)14-7-5-6-13(10-14)16(21)20-9-8-15(18)17(3,4)11-20/h5-7,10,12,15,19H,8-9,11,18H2,1-4H3. The van der Waals surface area contributed by atoms with Crippen LogP contribution in [0, 0.1) is 5.41 Å². The van der Waals surface area contributed by atoms with Crippen LogP contribution in [0.4, 0.5) is 0 Å². The summed E-state index contributed by atoms with van der Waals surface area (Å²) >= 11 is 0. The first-order valence-corrected chi connectivity index (χ1v) is 9.68. The van der Waals surface area contributed by atoms with Crippen LogP contribution >= 0.6 is 0 Å². The van der Waals surface area contributed by atoms with Crippen molar-refractivity contribution in [2.24, 2.45) is 11.1 Å². The van der Waals surface area contributed by atoms with E-state index in [0.29, 0.717) is 18.7 Å². The Morgan fingerprint density at radius 2 is 2.04 bits per heavy atom. The van der Waals surface area contributed by atoms with Crippen molar-refractivity contribution in [1.29, 1.82) is 0 Å². The number of rotatable bonds is 4. The van der Waals surface area contributed by atoms with Crippen molar-refractivity contribution in [3.8, 4) is 0 Å². The zero-order valence-corrected chi connectivity index (χ0v) is 15.6. The van der Waals surface area contributed by atoms with E-state index in [1.807, 2.05) is 13.8 Å². The number of carbonyl (C=O) groups excluding carboxylic acids is 1. The predicted molar refractivity (Wildman–Crippen MR) is 94.2 cm³/mol. The van der Waals surface area contributed by atoms with Crippen LogP contribution in [0.5, 0.6) is 0 Å². The van der Waals surface area contributed by atoms with E-state index in [-0.39, 0.29) is 28.3 Å². The Kier molecular flexibility index (Phi) is 5.37. The molecule has 6 nitrogen and oxygen atoms in total. The van der Waals surface area contributed by atoms with Gasteiger partial charge in [0, 0.05) is 30.7 Å². The molecule has 1 aromatic rings. The first-order chi connectivity index (χ1) is 11.0. The number of amides is 1. The molecule has 134 valence electrons. The van der Waals surface area contributed by atoms with E-state index >= 15 is 0 Å². The van der Waals surface area contributed by atoms with Gasteiger partial charge < -0.3 is 10.6 Å². The second-order valence-electron chi connectivity index (χ2n) is 7.41. The third-order valence-electron chi connectivity index (χ3n) is 4.38. The summed E-state index contributed by atoms with van der Waals surface area (Å²) in [6.07, 6.45) is 0.742. The van der Waals surface area contributed by atoms with E-state index in [1.54, 1.807) is 30.9 Å². The molecule has 1 fully saturated rings. The lowest BCUT2D eigenvalue weighted by atomic mass is 9.79. The van der Waals surface area contributed by atoms with E-state index in [1.165, 1.54) is 12.1 Å². The van der Waals surface area contributed by atoms with Gasteiger partial charge in [0.2, 0.25) is 10.0 Å². The molecule has 1 amide bonds. The van der Waals surface area contributed by atoms with Gasteiger partial charge in [0.25, 0.3) is 5.91 Å². The average molecular weight is 353 g/mol. The lowest BCUT2D eigenvalue weighted by Gasteiger charge is -2.42. The summed E-state index contributed by atoms with van der Waals surface area (Å²) in [5.41, 5.74) is 6.34. The molecule has 1 unspecified atom stereocenters. The Morgan fingerprint density at radius 1 is 1.38 bits per heavy atom. The molecular weight excluding hydrogens is 326 g/mol. The van der Waals surface area contributed by atoms with E-state index in [4.69, 9.17) is 5.73 Å². The highest BCUT2D eigenvalue weighted by atomic mass is 32.2. The summed E-state index contributed by atoms with van der Waals surface area (Å²) in [5.74, 6) is -0.156. The van der Waals surface area contributed by atoms with Gasteiger partial charge >= 0.3 is 0 Å². The Morgan fingerprint density at radius 3 is 2.62 bits per heavy atom. The summed E-state index contributed by atoms with van der Waals surface area (Å²) in [5, 5.41) is 0. The fraction of sp³-hybridized carbons (Fsp3) is 0.588. The van der Waals surface area contributed by atoms with E-state index in [0.717, 1.165) is 6.42 Å². The number of piperidine rings is 1. The van der Waals surface area contributed by atoms with Crippen LogP contribution in [-0.2, 0) is 10.0 Å². The molecule has 1 heterocycles. The van der Waals surface area contributed by atoms with Crippen LogP contribution in [0.25, 0.3) is 0 Å². The predicted octanol–water partition coefficient (Wildman–Crippen LogP) is 1.57. The minimum Gasteiger partial charge on any atom is -0.338 e. The fourth-order valence-electron chi connectivity index (χ4n) is 2.90. The quantitative estimate of drug-likeness (QED) is 0.859. The van der Waals surface area contributed by atoms with Gasteiger partial charge in [-0.25, -0.2) is 13.1 Å². The molecule has 1 saturated heterocycles. The van der Waals surface area contributed by atoms with Crippen molar-refractivity contribution in [3.05, 3.63) is 29.8 Å². The number of nitrogens with one attached hydrogen (secondary N) is 1. The van der Waals surface area contributed by atoms with E-state index in [2.05, 4.69) is 4.72 Å². The molecule has 1 aliphatic rings. The minimum atomic E-state index is -3.62. The summed E-state index contributed by atoms with van der Waals surface area (Å²) in [6, 6.07) is 6.04. The highest BCUT2D eigenvalue weighted by molar-refractivity contribution is 7.89. The van der Waals surface area contributed by atoms with Crippen molar-refractivity contribution >= 4 is 15.9 Å². The Labute approximate surface area is 144 Å². The number of carbonyl (C=O) groups is 1. The molecule has 0 aliphatic carbocycles. The molecule has 1 aromatic carbocycles. The fourth-order valence-corrected chi connectivity index (χ4v) is 4.20. The molecule has 1 aliphatic heterocycles. The number of hydrogen-bond acceptors (Lipinski definition) is 4. The zero-order chi connectivity index (χ0) is 18.1. The molecule has 3 N–H and O–H groups in total. The monoisotopic (exact) mass is 353 g/mol. The minimum absolute atomic E-state index is 0.0588. The number of hydrogen-bond donors (Lipinski definition) is 2. The van der Waals surface area contributed by atoms with Gasteiger partial charge in [-0.05, 0) is 43.9 Å². The average Bonchev–Trinajstić information content (AvgIpc) is 2.48. The van der Waals surface area contributed by atoms with Crippen molar-refractivity contribution in [2.75, 3.05) is 13.1 Å². The summed E-state index contributed by atoms with van der Waals surface area (Å²) in [6.45, 7) is 8.76. The van der Waals surface area contributed by atoms with Crippen LogP contribution in [0.1, 0.15) is 44.5 Å².